The molecule has 0 aliphatic heterocycles. The first-order valence-electron chi connectivity index (χ1n) is 9.00. The molecule has 0 aliphatic rings. The first kappa shape index (κ1) is 19.7. The molecule has 3 rings (SSSR count). The lowest BCUT2D eigenvalue weighted by Gasteiger charge is -2.11. The lowest BCUT2D eigenvalue weighted by atomic mass is 10.1. The Morgan fingerprint density at radius 2 is 1.82 bits per heavy atom. The van der Waals surface area contributed by atoms with Gasteiger partial charge >= 0.3 is 0 Å². The molecule has 2 aromatic carbocycles. The molecule has 0 atom stereocenters. The van der Waals surface area contributed by atoms with E-state index in [9.17, 15) is 0 Å². The number of nitrogens with zero attached hydrogens (tertiary/aromatic N) is 2. The van der Waals surface area contributed by atoms with Gasteiger partial charge in [0.2, 0.25) is 0 Å². The van der Waals surface area contributed by atoms with Crippen LogP contribution in [0.3, 0.4) is 0 Å². The van der Waals surface area contributed by atoms with Gasteiger partial charge < -0.3 is 20.1 Å². The van der Waals surface area contributed by atoms with E-state index in [1.165, 1.54) is 5.56 Å². The van der Waals surface area contributed by atoms with Gasteiger partial charge in [0.1, 0.15) is 0 Å². The quantitative estimate of drug-likeness (QED) is 0.569. The molecule has 0 aliphatic carbocycles. The molecule has 1 heterocycles. The highest BCUT2D eigenvalue weighted by Crippen LogP contribution is 2.27. The van der Waals surface area contributed by atoms with Crippen LogP contribution in [0.4, 0.5) is 5.69 Å². The Balaban J connectivity index is 1.46. The van der Waals surface area contributed by atoms with Crippen molar-refractivity contribution in [2.45, 2.75) is 13.0 Å². The van der Waals surface area contributed by atoms with Gasteiger partial charge in [-0.1, -0.05) is 36.4 Å². The standard InChI is InChI=1S/C21H24N4O2S/c1-26-19-9-8-16(12-20(19)27-2)10-11-22-21(28)24-18-13-23-25(15-18)14-17-6-4-3-5-7-17/h3-9,12-13,15H,10-11,14H2,1-2H3,(H2,22,24,28). The second-order valence-corrected chi connectivity index (χ2v) is 6.64. The lowest BCUT2D eigenvalue weighted by molar-refractivity contribution is 0.354. The fourth-order valence-corrected chi connectivity index (χ4v) is 3.04. The first-order valence-corrected chi connectivity index (χ1v) is 9.41. The molecule has 1 aromatic heterocycles. The maximum absolute atomic E-state index is 5.37. The van der Waals surface area contributed by atoms with Crippen LogP contribution in [0.2, 0.25) is 0 Å². The summed E-state index contributed by atoms with van der Waals surface area (Å²) in [7, 11) is 3.27. The van der Waals surface area contributed by atoms with E-state index >= 15 is 0 Å². The van der Waals surface area contributed by atoms with Crippen molar-refractivity contribution in [3.05, 3.63) is 72.1 Å². The Bertz CT molecular complexity index is 912. The minimum Gasteiger partial charge on any atom is -0.493 e. The van der Waals surface area contributed by atoms with Crippen LogP contribution >= 0.6 is 12.2 Å². The van der Waals surface area contributed by atoms with Gasteiger partial charge in [-0.3, -0.25) is 4.68 Å². The molecule has 0 amide bonds. The zero-order valence-corrected chi connectivity index (χ0v) is 16.8. The van der Waals surface area contributed by atoms with E-state index in [4.69, 9.17) is 21.7 Å². The van der Waals surface area contributed by atoms with Crippen molar-refractivity contribution < 1.29 is 9.47 Å². The Morgan fingerprint density at radius 1 is 1.04 bits per heavy atom. The van der Waals surface area contributed by atoms with Gasteiger partial charge in [0.05, 0.1) is 32.6 Å². The van der Waals surface area contributed by atoms with Crippen molar-refractivity contribution in [1.82, 2.24) is 15.1 Å². The molecule has 146 valence electrons. The molecule has 0 saturated heterocycles. The average molecular weight is 397 g/mol. The second-order valence-electron chi connectivity index (χ2n) is 6.23. The molecule has 0 spiro atoms. The van der Waals surface area contributed by atoms with Crippen LogP contribution in [-0.4, -0.2) is 35.7 Å². The van der Waals surface area contributed by atoms with Gasteiger partial charge in [0, 0.05) is 12.7 Å². The number of benzene rings is 2. The molecule has 0 fully saturated rings. The third kappa shape index (κ3) is 5.47. The topological polar surface area (TPSA) is 60.3 Å². The molecule has 3 aromatic rings. The second kappa shape index (κ2) is 9.75. The number of rotatable bonds is 8. The highest BCUT2D eigenvalue weighted by atomic mass is 32.1. The Morgan fingerprint density at radius 3 is 2.57 bits per heavy atom. The Labute approximate surface area is 170 Å². The molecule has 0 saturated carbocycles. The molecular formula is C21H24N4O2S. The van der Waals surface area contributed by atoms with E-state index in [1.807, 2.05) is 47.3 Å². The summed E-state index contributed by atoms with van der Waals surface area (Å²) in [6.07, 6.45) is 4.52. The highest BCUT2D eigenvalue weighted by Gasteiger charge is 2.05. The molecule has 6 nitrogen and oxygen atoms in total. The van der Waals surface area contributed by atoms with Gasteiger partial charge in [-0.2, -0.15) is 5.10 Å². The zero-order chi connectivity index (χ0) is 19.8. The van der Waals surface area contributed by atoms with Crippen molar-refractivity contribution in [2.24, 2.45) is 0 Å². The molecule has 2 N–H and O–H groups in total. The summed E-state index contributed by atoms with van der Waals surface area (Å²) in [5, 5.41) is 11.3. The number of ether oxygens (including phenoxy) is 2. The molecular weight excluding hydrogens is 372 g/mol. The number of hydrogen-bond acceptors (Lipinski definition) is 4. The molecule has 0 unspecified atom stereocenters. The zero-order valence-electron chi connectivity index (χ0n) is 16.0. The Hall–Kier alpha value is -3.06. The molecule has 0 radical (unpaired) electrons. The molecule has 0 bridgehead atoms. The van der Waals surface area contributed by atoms with Crippen molar-refractivity contribution in [1.29, 1.82) is 0 Å². The van der Waals surface area contributed by atoms with E-state index in [0.717, 1.165) is 35.7 Å². The summed E-state index contributed by atoms with van der Waals surface area (Å²) < 4.78 is 12.5. The first-order chi connectivity index (χ1) is 13.7. The minimum absolute atomic E-state index is 0.569. The summed E-state index contributed by atoms with van der Waals surface area (Å²) >= 11 is 5.37. The normalized spacial score (nSPS) is 10.4. The van der Waals surface area contributed by atoms with Gasteiger partial charge in [0.25, 0.3) is 0 Å². The van der Waals surface area contributed by atoms with Crippen molar-refractivity contribution in [2.75, 3.05) is 26.1 Å². The maximum atomic E-state index is 5.37. The van der Waals surface area contributed by atoms with E-state index in [2.05, 4.69) is 27.9 Å². The predicted octanol–water partition coefficient (Wildman–Crippen LogP) is 3.48. The number of nitrogens with one attached hydrogen (secondary N) is 2. The summed E-state index contributed by atoms with van der Waals surface area (Å²) in [6, 6.07) is 16.1. The fraction of sp³-hybridized carbons (Fsp3) is 0.238. The summed E-state index contributed by atoms with van der Waals surface area (Å²) in [5.74, 6) is 1.45. The minimum atomic E-state index is 0.569. The molecule has 28 heavy (non-hydrogen) atoms. The summed E-state index contributed by atoms with van der Waals surface area (Å²) in [5.41, 5.74) is 3.20. The van der Waals surface area contributed by atoms with Crippen LogP contribution in [0, 0.1) is 0 Å². The van der Waals surface area contributed by atoms with Crippen LogP contribution in [0.25, 0.3) is 0 Å². The Kier molecular flexibility index (Phi) is 6.86. The smallest absolute Gasteiger partial charge is 0.170 e. The fourth-order valence-electron chi connectivity index (χ4n) is 2.82. The number of aromatic nitrogens is 2. The largest absolute Gasteiger partial charge is 0.493 e. The van der Waals surface area contributed by atoms with Crippen LogP contribution < -0.4 is 20.1 Å². The van der Waals surface area contributed by atoms with Crippen LogP contribution in [-0.2, 0) is 13.0 Å². The monoisotopic (exact) mass is 396 g/mol. The van der Waals surface area contributed by atoms with E-state index in [1.54, 1.807) is 20.4 Å². The average Bonchev–Trinajstić information content (AvgIpc) is 3.15. The van der Waals surface area contributed by atoms with Crippen LogP contribution in [0.15, 0.2) is 60.9 Å². The third-order valence-corrected chi connectivity index (χ3v) is 4.47. The van der Waals surface area contributed by atoms with Crippen molar-refractivity contribution >= 4 is 23.0 Å². The van der Waals surface area contributed by atoms with Gasteiger partial charge in [0.15, 0.2) is 16.6 Å². The third-order valence-electron chi connectivity index (χ3n) is 4.23. The van der Waals surface area contributed by atoms with Crippen LogP contribution in [0.5, 0.6) is 11.5 Å². The van der Waals surface area contributed by atoms with E-state index in [-0.39, 0.29) is 0 Å². The number of anilines is 1. The van der Waals surface area contributed by atoms with E-state index in [0.29, 0.717) is 11.7 Å². The number of methoxy groups -OCH3 is 2. The van der Waals surface area contributed by atoms with E-state index < -0.39 is 0 Å². The number of hydrogen-bond donors (Lipinski definition) is 2. The summed E-state index contributed by atoms with van der Waals surface area (Å²) in [4.78, 5) is 0. The highest BCUT2D eigenvalue weighted by molar-refractivity contribution is 7.80. The maximum Gasteiger partial charge on any atom is 0.170 e. The molecule has 7 heteroatoms. The van der Waals surface area contributed by atoms with Gasteiger partial charge in [-0.25, -0.2) is 0 Å². The SMILES string of the molecule is COc1ccc(CCNC(=S)Nc2cnn(Cc3ccccc3)c2)cc1OC. The van der Waals surface area contributed by atoms with Gasteiger partial charge in [-0.05, 0) is 41.9 Å². The predicted molar refractivity (Wildman–Crippen MR) is 115 cm³/mol. The van der Waals surface area contributed by atoms with Gasteiger partial charge in [-0.15, -0.1) is 0 Å². The van der Waals surface area contributed by atoms with Crippen molar-refractivity contribution in [3.63, 3.8) is 0 Å². The lowest BCUT2D eigenvalue weighted by Crippen LogP contribution is -2.30. The number of thiocarbonyl (C=S) groups is 1. The van der Waals surface area contributed by atoms with Crippen molar-refractivity contribution in [3.8, 4) is 11.5 Å². The summed E-state index contributed by atoms with van der Waals surface area (Å²) in [6.45, 7) is 1.43. The van der Waals surface area contributed by atoms with Crippen LogP contribution in [0.1, 0.15) is 11.1 Å².